The standard InChI is InChI=1S/C16H15FN4O3/c17-12-3-1-11(2-4-12)16(22)20-8-7-13(10-20)19-15-6-5-14(9-18-15)21(23)24/h1-6,9,13H,7-8,10H2,(H,18,19)/t13-/m1/s1. The van der Waals surface area contributed by atoms with Gasteiger partial charge in [-0.3, -0.25) is 14.9 Å². The van der Waals surface area contributed by atoms with E-state index in [-0.39, 0.29) is 23.5 Å². The molecule has 8 heteroatoms. The van der Waals surface area contributed by atoms with Crippen LogP contribution in [0.25, 0.3) is 0 Å². The minimum Gasteiger partial charge on any atom is -0.365 e. The lowest BCUT2D eigenvalue weighted by atomic mass is 10.2. The molecule has 2 aromatic rings. The van der Waals surface area contributed by atoms with Crippen molar-refractivity contribution in [3.63, 3.8) is 0 Å². The largest absolute Gasteiger partial charge is 0.365 e. The molecule has 7 nitrogen and oxygen atoms in total. The Hall–Kier alpha value is -3.03. The summed E-state index contributed by atoms with van der Waals surface area (Å²) in [5, 5.41) is 13.8. The third kappa shape index (κ3) is 3.48. The number of hydrogen-bond acceptors (Lipinski definition) is 5. The van der Waals surface area contributed by atoms with E-state index >= 15 is 0 Å². The first kappa shape index (κ1) is 15.9. The molecule has 1 aromatic carbocycles. The van der Waals surface area contributed by atoms with Gasteiger partial charge in [-0.25, -0.2) is 9.37 Å². The zero-order valence-electron chi connectivity index (χ0n) is 12.7. The summed E-state index contributed by atoms with van der Waals surface area (Å²) in [6, 6.07) is 8.41. The number of pyridine rings is 1. The molecule has 1 aliphatic rings. The molecule has 1 N–H and O–H groups in total. The zero-order valence-corrected chi connectivity index (χ0v) is 12.7. The third-order valence-electron chi connectivity index (χ3n) is 3.88. The van der Waals surface area contributed by atoms with E-state index in [9.17, 15) is 19.3 Å². The molecule has 1 aromatic heterocycles. The summed E-state index contributed by atoms with van der Waals surface area (Å²) in [5.74, 6) is 0.00870. The molecule has 1 saturated heterocycles. The number of likely N-dealkylation sites (tertiary alicyclic amines) is 1. The maximum absolute atomic E-state index is 12.9. The van der Waals surface area contributed by atoms with E-state index in [0.29, 0.717) is 24.5 Å². The number of anilines is 1. The lowest BCUT2D eigenvalue weighted by Gasteiger charge is -2.17. The van der Waals surface area contributed by atoms with E-state index in [0.717, 1.165) is 6.42 Å². The number of aromatic nitrogens is 1. The molecule has 124 valence electrons. The lowest BCUT2D eigenvalue weighted by molar-refractivity contribution is -0.385. The van der Waals surface area contributed by atoms with Gasteiger partial charge in [0.1, 0.15) is 17.8 Å². The number of benzene rings is 1. The molecule has 0 bridgehead atoms. The predicted molar refractivity (Wildman–Crippen MR) is 85.2 cm³/mol. The van der Waals surface area contributed by atoms with E-state index in [2.05, 4.69) is 10.3 Å². The van der Waals surface area contributed by atoms with Crippen molar-refractivity contribution in [2.75, 3.05) is 18.4 Å². The lowest BCUT2D eigenvalue weighted by Crippen LogP contribution is -2.31. The molecule has 0 saturated carbocycles. The summed E-state index contributed by atoms with van der Waals surface area (Å²) < 4.78 is 12.9. The topological polar surface area (TPSA) is 88.4 Å². The Balaban J connectivity index is 1.59. The highest BCUT2D eigenvalue weighted by Gasteiger charge is 2.27. The van der Waals surface area contributed by atoms with E-state index in [1.807, 2.05) is 0 Å². The summed E-state index contributed by atoms with van der Waals surface area (Å²) in [6.07, 6.45) is 1.93. The normalized spacial score (nSPS) is 16.9. The highest BCUT2D eigenvalue weighted by Crippen LogP contribution is 2.18. The van der Waals surface area contributed by atoms with Crippen LogP contribution in [0.2, 0.25) is 0 Å². The van der Waals surface area contributed by atoms with Gasteiger partial charge in [-0.1, -0.05) is 0 Å². The van der Waals surface area contributed by atoms with Crippen LogP contribution in [0.3, 0.4) is 0 Å². The van der Waals surface area contributed by atoms with Crippen LogP contribution in [-0.2, 0) is 0 Å². The molecule has 1 amide bonds. The van der Waals surface area contributed by atoms with Crippen molar-refractivity contribution in [1.82, 2.24) is 9.88 Å². The summed E-state index contributed by atoms with van der Waals surface area (Å²) in [5.41, 5.74) is 0.380. The Kier molecular flexibility index (Phi) is 4.37. The van der Waals surface area contributed by atoms with Crippen LogP contribution in [0.5, 0.6) is 0 Å². The van der Waals surface area contributed by atoms with Crippen molar-refractivity contribution in [2.45, 2.75) is 12.5 Å². The van der Waals surface area contributed by atoms with Crippen molar-refractivity contribution in [3.8, 4) is 0 Å². The van der Waals surface area contributed by atoms with Gasteiger partial charge in [0, 0.05) is 30.8 Å². The van der Waals surface area contributed by atoms with Crippen molar-refractivity contribution in [3.05, 3.63) is 64.1 Å². The summed E-state index contributed by atoms with van der Waals surface area (Å²) >= 11 is 0. The quantitative estimate of drug-likeness (QED) is 0.687. The van der Waals surface area contributed by atoms with Crippen LogP contribution in [0.1, 0.15) is 16.8 Å². The maximum atomic E-state index is 12.9. The number of nitro groups is 1. The Morgan fingerprint density at radius 1 is 1.29 bits per heavy atom. The molecular weight excluding hydrogens is 315 g/mol. The van der Waals surface area contributed by atoms with Gasteiger partial charge in [0.2, 0.25) is 0 Å². The number of carbonyl (C=O) groups excluding carboxylic acids is 1. The van der Waals surface area contributed by atoms with Crippen molar-refractivity contribution in [2.24, 2.45) is 0 Å². The second-order valence-corrected chi connectivity index (χ2v) is 5.55. The first-order chi connectivity index (χ1) is 11.5. The molecular formula is C16H15FN4O3. The molecule has 2 heterocycles. The number of amides is 1. The van der Waals surface area contributed by atoms with E-state index < -0.39 is 4.92 Å². The van der Waals surface area contributed by atoms with Gasteiger partial charge in [-0.15, -0.1) is 0 Å². The van der Waals surface area contributed by atoms with Crippen LogP contribution in [0.15, 0.2) is 42.6 Å². The fraction of sp³-hybridized carbons (Fsp3) is 0.250. The van der Waals surface area contributed by atoms with Gasteiger partial charge in [-0.2, -0.15) is 0 Å². The highest BCUT2D eigenvalue weighted by molar-refractivity contribution is 5.94. The van der Waals surface area contributed by atoms with Crippen molar-refractivity contribution < 1.29 is 14.1 Å². The van der Waals surface area contributed by atoms with Crippen LogP contribution < -0.4 is 5.32 Å². The second-order valence-electron chi connectivity index (χ2n) is 5.55. The molecule has 1 fully saturated rings. The number of halogens is 1. The average molecular weight is 330 g/mol. The maximum Gasteiger partial charge on any atom is 0.287 e. The number of nitrogens with zero attached hydrogens (tertiary/aromatic N) is 3. The number of hydrogen-bond donors (Lipinski definition) is 1. The van der Waals surface area contributed by atoms with Gasteiger partial charge in [0.15, 0.2) is 0 Å². The first-order valence-electron chi connectivity index (χ1n) is 7.45. The monoisotopic (exact) mass is 330 g/mol. The molecule has 0 unspecified atom stereocenters. The Labute approximate surface area is 137 Å². The van der Waals surface area contributed by atoms with Crippen LogP contribution >= 0.6 is 0 Å². The average Bonchev–Trinajstić information content (AvgIpc) is 3.04. The van der Waals surface area contributed by atoms with E-state index in [1.165, 1.54) is 36.5 Å². The Bertz CT molecular complexity index is 749. The fourth-order valence-corrected chi connectivity index (χ4v) is 2.63. The summed E-state index contributed by atoms with van der Waals surface area (Å²) in [6.45, 7) is 1.08. The van der Waals surface area contributed by atoms with Gasteiger partial charge < -0.3 is 10.2 Å². The van der Waals surface area contributed by atoms with Gasteiger partial charge in [0.25, 0.3) is 11.6 Å². The van der Waals surface area contributed by atoms with Crippen molar-refractivity contribution >= 4 is 17.4 Å². The molecule has 0 aliphatic carbocycles. The number of rotatable bonds is 4. The first-order valence-corrected chi connectivity index (χ1v) is 7.45. The second kappa shape index (κ2) is 6.61. The van der Waals surface area contributed by atoms with Gasteiger partial charge in [-0.05, 0) is 36.8 Å². The molecule has 0 spiro atoms. The smallest absolute Gasteiger partial charge is 0.287 e. The number of nitrogens with one attached hydrogen (secondary N) is 1. The molecule has 24 heavy (non-hydrogen) atoms. The molecule has 1 atom stereocenters. The molecule has 1 aliphatic heterocycles. The minimum atomic E-state index is -0.505. The van der Waals surface area contributed by atoms with Crippen LogP contribution in [-0.4, -0.2) is 39.8 Å². The summed E-state index contributed by atoms with van der Waals surface area (Å²) in [7, 11) is 0. The summed E-state index contributed by atoms with van der Waals surface area (Å²) in [4.78, 5) is 28.2. The third-order valence-corrected chi connectivity index (χ3v) is 3.88. The van der Waals surface area contributed by atoms with Gasteiger partial charge in [0.05, 0.1) is 4.92 Å². The zero-order chi connectivity index (χ0) is 17.1. The number of carbonyl (C=O) groups is 1. The van der Waals surface area contributed by atoms with Gasteiger partial charge >= 0.3 is 0 Å². The SMILES string of the molecule is O=C(c1ccc(F)cc1)N1CC[C@@H](Nc2ccc([N+](=O)[O-])cn2)C1. The Morgan fingerprint density at radius 2 is 2.04 bits per heavy atom. The highest BCUT2D eigenvalue weighted by atomic mass is 19.1. The molecule has 0 radical (unpaired) electrons. The predicted octanol–water partition coefficient (Wildman–Crippen LogP) is 2.46. The minimum absolute atomic E-state index is 0.0170. The van der Waals surface area contributed by atoms with Crippen LogP contribution in [0, 0.1) is 15.9 Å². The van der Waals surface area contributed by atoms with Crippen LogP contribution in [0.4, 0.5) is 15.9 Å². The van der Waals surface area contributed by atoms with Crippen molar-refractivity contribution in [1.29, 1.82) is 0 Å². The van der Waals surface area contributed by atoms with E-state index in [4.69, 9.17) is 0 Å². The molecule has 3 rings (SSSR count). The Morgan fingerprint density at radius 3 is 2.67 bits per heavy atom. The fourth-order valence-electron chi connectivity index (χ4n) is 2.63. The van der Waals surface area contributed by atoms with E-state index in [1.54, 1.807) is 11.0 Å².